The Morgan fingerprint density at radius 2 is 2.20 bits per heavy atom. The summed E-state index contributed by atoms with van der Waals surface area (Å²) in [6.45, 7) is 3.26. The molecule has 0 bridgehead atoms. The lowest BCUT2D eigenvalue weighted by molar-refractivity contribution is -0.123. The van der Waals surface area contributed by atoms with E-state index in [-0.39, 0.29) is 11.8 Å². The Labute approximate surface area is 92.8 Å². The van der Waals surface area contributed by atoms with Crippen LogP contribution in [-0.2, 0) is 4.79 Å². The van der Waals surface area contributed by atoms with Crippen molar-refractivity contribution in [3.8, 4) is 0 Å². The molecule has 0 saturated carbocycles. The zero-order valence-corrected chi connectivity index (χ0v) is 9.80. The molecule has 0 spiro atoms. The first-order valence-electron chi connectivity index (χ1n) is 6.28. The Balaban J connectivity index is 2.26. The van der Waals surface area contributed by atoms with E-state index < -0.39 is 0 Å². The molecule has 1 aliphatic rings. The predicted octanol–water partition coefficient (Wildman–Crippen LogP) is 1.81. The summed E-state index contributed by atoms with van der Waals surface area (Å²) >= 11 is 0. The summed E-state index contributed by atoms with van der Waals surface area (Å²) in [4.78, 5) is 11.2. The van der Waals surface area contributed by atoms with Crippen molar-refractivity contribution in [3.63, 3.8) is 0 Å². The first kappa shape index (κ1) is 12.5. The molecule has 0 aromatic heterocycles. The van der Waals surface area contributed by atoms with Gasteiger partial charge in [0.25, 0.3) is 0 Å². The van der Waals surface area contributed by atoms with Crippen LogP contribution in [0.25, 0.3) is 0 Å². The molecule has 3 nitrogen and oxygen atoms in total. The molecule has 1 heterocycles. The van der Waals surface area contributed by atoms with Crippen molar-refractivity contribution in [3.05, 3.63) is 0 Å². The molecule has 0 aliphatic carbocycles. The SMILES string of the molecule is CCCCCCC1NCCCC1C(N)=O. The average molecular weight is 212 g/mol. The van der Waals surface area contributed by atoms with Crippen LogP contribution in [0.15, 0.2) is 0 Å². The Morgan fingerprint density at radius 3 is 2.87 bits per heavy atom. The summed E-state index contributed by atoms with van der Waals surface area (Å²) < 4.78 is 0. The van der Waals surface area contributed by atoms with Gasteiger partial charge < -0.3 is 11.1 Å². The smallest absolute Gasteiger partial charge is 0.222 e. The third-order valence-corrected chi connectivity index (χ3v) is 3.32. The third-order valence-electron chi connectivity index (χ3n) is 3.32. The van der Waals surface area contributed by atoms with Gasteiger partial charge in [0.15, 0.2) is 0 Å². The van der Waals surface area contributed by atoms with Gasteiger partial charge in [-0.05, 0) is 25.8 Å². The van der Waals surface area contributed by atoms with Crippen molar-refractivity contribution < 1.29 is 4.79 Å². The molecule has 1 fully saturated rings. The zero-order valence-electron chi connectivity index (χ0n) is 9.80. The van der Waals surface area contributed by atoms with Gasteiger partial charge in [-0.15, -0.1) is 0 Å². The van der Waals surface area contributed by atoms with Gasteiger partial charge in [0.1, 0.15) is 0 Å². The molecular weight excluding hydrogens is 188 g/mol. The van der Waals surface area contributed by atoms with Crippen LogP contribution in [0.4, 0.5) is 0 Å². The number of nitrogens with one attached hydrogen (secondary N) is 1. The highest BCUT2D eigenvalue weighted by molar-refractivity contribution is 5.77. The highest BCUT2D eigenvalue weighted by atomic mass is 16.1. The van der Waals surface area contributed by atoms with Crippen LogP contribution >= 0.6 is 0 Å². The van der Waals surface area contributed by atoms with Crippen LogP contribution in [0.1, 0.15) is 51.9 Å². The molecule has 88 valence electrons. The van der Waals surface area contributed by atoms with Crippen molar-refractivity contribution in [2.45, 2.75) is 57.9 Å². The number of nitrogens with two attached hydrogens (primary N) is 1. The average Bonchev–Trinajstić information content (AvgIpc) is 2.25. The summed E-state index contributed by atoms with van der Waals surface area (Å²) in [5.74, 6) is -0.0527. The Morgan fingerprint density at radius 1 is 1.40 bits per heavy atom. The summed E-state index contributed by atoms with van der Waals surface area (Å²) in [5.41, 5.74) is 5.41. The van der Waals surface area contributed by atoms with Crippen molar-refractivity contribution in [1.82, 2.24) is 5.32 Å². The number of amides is 1. The van der Waals surface area contributed by atoms with Gasteiger partial charge >= 0.3 is 0 Å². The molecule has 1 saturated heterocycles. The number of hydrogen-bond acceptors (Lipinski definition) is 2. The lowest BCUT2D eigenvalue weighted by Gasteiger charge is -2.30. The maximum Gasteiger partial charge on any atom is 0.222 e. The van der Waals surface area contributed by atoms with Crippen LogP contribution in [0.3, 0.4) is 0 Å². The molecule has 0 radical (unpaired) electrons. The van der Waals surface area contributed by atoms with Gasteiger partial charge in [0.05, 0.1) is 5.92 Å². The molecule has 3 N–H and O–H groups in total. The molecule has 0 aromatic rings. The first-order valence-corrected chi connectivity index (χ1v) is 6.28. The highest BCUT2D eigenvalue weighted by Gasteiger charge is 2.28. The van der Waals surface area contributed by atoms with Crippen LogP contribution < -0.4 is 11.1 Å². The fraction of sp³-hybridized carbons (Fsp3) is 0.917. The molecule has 0 aromatic carbocycles. The monoisotopic (exact) mass is 212 g/mol. The van der Waals surface area contributed by atoms with Crippen LogP contribution in [-0.4, -0.2) is 18.5 Å². The number of rotatable bonds is 6. The van der Waals surface area contributed by atoms with E-state index in [2.05, 4.69) is 12.2 Å². The van der Waals surface area contributed by atoms with E-state index in [4.69, 9.17) is 5.73 Å². The van der Waals surface area contributed by atoms with E-state index in [1.807, 2.05) is 0 Å². The van der Waals surface area contributed by atoms with Crippen molar-refractivity contribution in [2.24, 2.45) is 11.7 Å². The molecule has 1 amide bonds. The van der Waals surface area contributed by atoms with E-state index in [0.717, 1.165) is 25.8 Å². The minimum Gasteiger partial charge on any atom is -0.369 e. The fourth-order valence-corrected chi connectivity index (χ4v) is 2.39. The summed E-state index contributed by atoms with van der Waals surface area (Å²) in [6, 6.07) is 0.341. The second-order valence-electron chi connectivity index (χ2n) is 4.56. The Bertz CT molecular complexity index is 194. The number of unbranched alkanes of at least 4 members (excludes halogenated alkanes) is 3. The van der Waals surface area contributed by atoms with Gasteiger partial charge in [-0.2, -0.15) is 0 Å². The van der Waals surface area contributed by atoms with Gasteiger partial charge in [-0.3, -0.25) is 4.79 Å². The van der Waals surface area contributed by atoms with E-state index in [1.54, 1.807) is 0 Å². The maximum atomic E-state index is 11.2. The first-order chi connectivity index (χ1) is 7.25. The largest absolute Gasteiger partial charge is 0.369 e. The lowest BCUT2D eigenvalue weighted by atomic mass is 9.87. The maximum absolute atomic E-state index is 11.2. The van der Waals surface area contributed by atoms with Crippen molar-refractivity contribution >= 4 is 5.91 Å². The normalized spacial score (nSPS) is 26.5. The summed E-state index contributed by atoms with van der Waals surface area (Å²) in [5, 5.41) is 3.43. The van der Waals surface area contributed by atoms with Gasteiger partial charge in [0.2, 0.25) is 5.91 Å². The van der Waals surface area contributed by atoms with E-state index >= 15 is 0 Å². The van der Waals surface area contributed by atoms with Crippen molar-refractivity contribution in [1.29, 1.82) is 0 Å². The molecular formula is C12H24N2O. The van der Waals surface area contributed by atoms with E-state index in [1.165, 1.54) is 25.7 Å². The minimum absolute atomic E-state index is 0.0698. The molecule has 15 heavy (non-hydrogen) atoms. The number of primary amides is 1. The van der Waals surface area contributed by atoms with Gasteiger partial charge in [-0.25, -0.2) is 0 Å². The lowest BCUT2D eigenvalue weighted by Crippen LogP contribution is -2.46. The van der Waals surface area contributed by atoms with Crippen LogP contribution in [0.2, 0.25) is 0 Å². The Hall–Kier alpha value is -0.570. The van der Waals surface area contributed by atoms with E-state index in [9.17, 15) is 4.79 Å². The van der Waals surface area contributed by atoms with Crippen molar-refractivity contribution in [2.75, 3.05) is 6.54 Å². The quantitative estimate of drug-likeness (QED) is 0.660. The van der Waals surface area contributed by atoms with Gasteiger partial charge in [-0.1, -0.05) is 32.6 Å². The second kappa shape index (κ2) is 6.83. The highest BCUT2D eigenvalue weighted by Crippen LogP contribution is 2.20. The summed E-state index contributed by atoms with van der Waals surface area (Å²) in [6.07, 6.45) is 8.22. The fourth-order valence-electron chi connectivity index (χ4n) is 2.39. The number of piperidine rings is 1. The molecule has 1 rings (SSSR count). The molecule has 1 aliphatic heterocycles. The van der Waals surface area contributed by atoms with Crippen LogP contribution in [0.5, 0.6) is 0 Å². The second-order valence-corrected chi connectivity index (χ2v) is 4.56. The molecule has 2 unspecified atom stereocenters. The van der Waals surface area contributed by atoms with Crippen LogP contribution in [0, 0.1) is 5.92 Å². The number of carbonyl (C=O) groups is 1. The predicted molar refractivity (Wildman–Crippen MR) is 62.5 cm³/mol. The summed E-state index contributed by atoms with van der Waals surface area (Å²) in [7, 11) is 0. The topological polar surface area (TPSA) is 55.1 Å². The Kier molecular flexibility index (Phi) is 5.69. The molecule has 3 heteroatoms. The van der Waals surface area contributed by atoms with E-state index in [0.29, 0.717) is 6.04 Å². The number of carbonyl (C=O) groups excluding carboxylic acids is 1. The standard InChI is InChI=1S/C12H24N2O/c1-2-3-4-5-8-11-10(12(13)15)7-6-9-14-11/h10-11,14H,2-9H2,1H3,(H2,13,15). The number of hydrogen-bond donors (Lipinski definition) is 2. The third kappa shape index (κ3) is 4.20. The minimum atomic E-state index is -0.123. The zero-order chi connectivity index (χ0) is 11.1. The molecule has 2 atom stereocenters. The van der Waals surface area contributed by atoms with Gasteiger partial charge in [0, 0.05) is 6.04 Å².